The van der Waals surface area contributed by atoms with Crippen LogP contribution < -0.4 is 0 Å². The summed E-state index contributed by atoms with van der Waals surface area (Å²) >= 11 is 0. The number of hydrogen-bond acceptors (Lipinski definition) is 2. The van der Waals surface area contributed by atoms with Crippen molar-refractivity contribution >= 4 is 8.32 Å². The van der Waals surface area contributed by atoms with E-state index >= 15 is 0 Å². The maximum atomic E-state index is 13.8. The molecule has 2 nitrogen and oxygen atoms in total. The Morgan fingerprint density at radius 2 is 1.88 bits per heavy atom. The summed E-state index contributed by atoms with van der Waals surface area (Å²) in [5, 5.41) is 9.12. The lowest BCUT2D eigenvalue weighted by molar-refractivity contribution is 0.0959. The molecule has 0 unspecified atom stereocenters. The molecular formula is C12H25FO2Si. The third-order valence-corrected chi connectivity index (χ3v) is 8.91. The van der Waals surface area contributed by atoms with Crippen molar-refractivity contribution in [3.63, 3.8) is 0 Å². The standard InChI is InChI=1S/C12H25FO2Si/c1-10(2,3)16(5,6)15-9-11(4)7-12(11,13)8-14/h14H,7-9H2,1-6H3/t11-,12-/m1/s1. The van der Waals surface area contributed by atoms with Gasteiger partial charge in [-0.25, -0.2) is 4.39 Å². The lowest BCUT2D eigenvalue weighted by Crippen LogP contribution is -2.42. The van der Waals surface area contributed by atoms with E-state index in [9.17, 15) is 4.39 Å². The van der Waals surface area contributed by atoms with Crippen LogP contribution in [0, 0.1) is 5.41 Å². The van der Waals surface area contributed by atoms with Crippen molar-refractivity contribution in [1.29, 1.82) is 0 Å². The largest absolute Gasteiger partial charge is 0.416 e. The topological polar surface area (TPSA) is 29.5 Å². The van der Waals surface area contributed by atoms with E-state index in [0.717, 1.165) is 0 Å². The molecule has 0 spiro atoms. The lowest BCUT2D eigenvalue weighted by atomic mass is 10.1. The van der Waals surface area contributed by atoms with Gasteiger partial charge < -0.3 is 9.53 Å². The highest BCUT2D eigenvalue weighted by Gasteiger charge is 2.66. The molecule has 1 N–H and O–H groups in total. The third-order valence-electron chi connectivity index (χ3n) is 4.44. The molecule has 1 saturated carbocycles. The Kier molecular flexibility index (Phi) is 3.34. The molecular weight excluding hydrogens is 223 g/mol. The fourth-order valence-corrected chi connectivity index (χ4v) is 2.67. The molecule has 1 aliphatic rings. The van der Waals surface area contributed by atoms with E-state index in [4.69, 9.17) is 9.53 Å². The zero-order valence-electron chi connectivity index (χ0n) is 11.4. The van der Waals surface area contributed by atoms with Gasteiger partial charge in [-0.15, -0.1) is 0 Å². The second-order valence-corrected chi connectivity index (χ2v) is 11.7. The Labute approximate surface area is 99.3 Å². The van der Waals surface area contributed by atoms with Crippen molar-refractivity contribution < 1.29 is 13.9 Å². The average Bonchev–Trinajstić information content (AvgIpc) is 2.66. The van der Waals surface area contributed by atoms with Crippen molar-refractivity contribution in [3.8, 4) is 0 Å². The van der Waals surface area contributed by atoms with Gasteiger partial charge in [-0.2, -0.15) is 0 Å². The number of hydrogen-bond donors (Lipinski definition) is 1. The van der Waals surface area contributed by atoms with Crippen molar-refractivity contribution in [1.82, 2.24) is 0 Å². The van der Waals surface area contributed by atoms with Gasteiger partial charge in [0.05, 0.1) is 6.61 Å². The lowest BCUT2D eigenvalue weighted by Gasteiger charge is -2.37. The second kappa shape index (κ2) is 3.78. The summed E-state index contributed by atoms with van der Waals surface area (Å²) in [6.07, 6.45) is 0.422. The van der Waals surface area contributed by atoms with Crippen LogP contribution in [0.1, 0.15) is 34.1 Å². The van der Waals surface area contributed by atoms with E-state index in [0.29, 0.717) is 13.0 Å². The normalized spacial score (nSPS) is 35.2. The summed E-state index contributed by atoms with van der Waals surface area (Å²) < 4.78 is 19.8. The minimum Gasteiger partial charge on any atom is -0.416 e. The van der Waals surface area contributed by atoms with Crippen LogP contribution in [0.25, 0.3) is 0 Å². The van der Waals surface area contributed by atoms with Crippen molar-refractivity contribution in [2.45, 2.75) is 57.9 Å². The molecule has 0 heterocycles. The Hall–Kier alpha value is 0.0669. The fourth-order valence-electron chi connectivity index (χ4n) is 1.56. The van der Waals surface area contributed by atoms with Gasteiger partial charge in [-0.1, -0.05) is 27.7 Å². The van der Waals surface area contributed by atoms with Crippen LogP contribution in [0.3, 0.4) is 0 Å². The molecule has 0 bridgehead atoms. The predicted molar refractivity (Wildman–Crippen MR) is 66.8 cm³/mol. The van der Waals surface area contributed by atoms with E-state index in [2.05, 4.69) is 33.9 Å². The van der Waals surface area contributed by atoms with Gasteiger partial charge in [0, 0.05) is 12.0 Å². The van der Waals surface area contributed by atoms with Crippen LogP contribution >= 0.6 is 0 Å². The first kappa shape index (κ1) is 14.1. The van der Waals surface area contributed by atoms with Gasteiger partial charge in [0.15, 0.2) is 8.32 Å². The number of rotatable bonds is 4. The number of aliphatic hydroxyl groups is 1. The van der Waals surface area contributed by atoms with Gasteiger partial charge in [0.25, 0.3) is 0 Å². The van der Waals surface area contributed by atoms with Crippen LogP contribution in [-0.2, 0) is 4.43 Å². The Bertz CT molecular complexity index is 275. The Morgan fingerprint density at radius 3 is 2.19 bits per heavy atom. The van der Waals surface area contributed by atoms with Crippen molar-refractivity contribution in [3.05, 3.63) is 0 Å². The Balaban J connectivity index is 2.55. The summed E-state index contributed by atoms with van der Waals surface area (Å²) in [5.41, 5.74) is -1.88. The molecule has 0 aromatic rings. The zero-order valence-corrected chi connectivity index (χ0v) is 12.4. The summed E-state index contributed by atoms with van der Waals surface area (Å²) in [6.45, 7) is 12.7. The molecule has 16 heavy (non-hydrogen) atoms. The maximum absolute atomic E-state index is 13.8. The van der Waals surface area contributed by atoms with Gasteiger partial charge in [0.2, 0.25) is 0 Å². The summed E-state index contributed by atoms with van der Waals surface area (Å²) in [7, 11) is -1.80. The van der Waals surface area contributed by atoms with Crippen molar-refractivity contribution in [2.24, 2.45) is 5.41 Å². The number of halogens is 1. The molecule has 1 aliphatic carbocycles. The molecule has 0 aliphatic heterocycles. The summed E-state index contributed by atoms with van der Waals surface area (Å²) in [5.74, 6) is 0. The molecule has 4 heteroatoms. The monoisotopic (exact) mass is 248 g/mol. The minimum absolute atomic E-state index is 0.149. The van der Waals surface area contributed by atoms with Gasteiger partial charge in [-0.05, 0) is 24.6 Å². The molecule has 0 aromatic heterocycles. The molecule has 1 rings (SSSR count). The molecule has 0 saturated heterocycles. The van der Waals surface area contributed by atoms with E-state index in [1.807, 2.05) is 6.92 Å². The predicted octanol–water partition coefficient (Wildman–Crippen LogP) is 3.12. The Morgan fingerprint density at radius 1 is 1.38 bits per heavy atom. The van der Waals surface area contributed by atoms with Gasteiger partial charge in [0.1, 0.15) is 5.67 Å². The smallest absolute Gasteiger partial charge is 0.192 e. The van der Waals surface area contributed by atoms with Crippen LogP contribution in [0.4, 0.5) is 4.39 Å². The molecule has 0 amide bonds. The van der Waals surface area contributed by atoms with Crippen LogP contribution in [0.2, 0.25) is 18.1 Å². The molecule has 0 radical (unpaired) electrons. The third kappa shape index (κ3) is 2.34. The van der Waals surface area contributed by atoms with E-state index in [1.165, 1.54) is 0 Å². The number of alkyl halides is 1. The molecule has 2 atom stereocenters. The summed E-state index contributed by atoms with van der Waals surface area (Å²) in [6, 6.07) is 0. The van der Waals surface area contributed by atoms with Crippen LogP contribution in [0.5, 0.6) is 0 Å². The van der Waals surface area contributed by atoms with Crippen LogP contribution in [0.15, 0.2) is 0 Å². The van der Waals surface area contributed by atoms with E-state index < -0.39 is 19.4 Å². The first-order chi connectivity index (χ1) is 6.97. The average molecular weight is 248 g/mol. The van der Waals surface area contributed by atoms with Crippen molar-refractivity contribution in [2.75, 3.05) is 13.2 Å². The number of aliphatic hydroxyl groups excluding tert-OH is 1. The highest BCUT2D eigenvalue weighted by molar-refractivity contribution is 6.74. The highest BCUT2D eigenvalue weighted by atomic mass is 28.4. The van der Waals surface area contributed by atoms with E-state index in [1.54, 1.807) is 0 Å². The molecule has 1 fully saturated rings. The quantitative estimate of drug-likeness (QED) is 0.775. The molecule has 0 aromatic carbocycles. The highest BCUT2D eigenvalue weighted by Crippen LogP contribution is 2.59. The first-order valence-electron chi connectivity index (χ1n) is 5.91. The van der Waals surface area contributed by atoms with E-state index in [-0.39, 0.29) is 11.6 Å². The second-order valence-electron chi connectivity index (χ2n) is 6.91. The summed E-state index contributed by atoms with van der Waals surface area (Å²) in [4.78, 5) is 0. The molecule has 96 valence electrons. The minimum atomic E-state index is -1.80. The van der Waals surface area contributed by atoms with Gasteiger partial charge >= 0.3 is 0 Å². The zero-order chi connectivity index (χ0) is 12.8. The SMILES string of the molecule is CC(C)(C)[Si](C)(C)OC[C@@]1(C)C[C@@]1(F)CO. The van der Waals surface area contributed by atoms with Crippen LogP contribution in [-0.4, -0.2) is 32.3 Å². The first-order valence-corrected chi connectivity index (χ1v) is 8.82. The maximum Gasteiger partial charge on any atom is 0.192 e. The van der Waals surface area contributed by atoms with Gasteiger partial charge in [-0.3, -0.25) is 0 Å². The fraction of sp³-hybridized carbons (Fsp3) is 1.00.